The molecule has 1 atom stereocenters. The van der Waals surface area contributed by atoms with Crippen molar-refractivity contribution in [2.45, 2.75) is 19.9 Å². The smallest absolute Gasteiger partial charge is 0.255 e. The van der Waals surface area contributed by atoms with Crippen LogP contribution in [0, 0.1) is 0 Å². The topological polar surface area (TPSA) is 86.8 Å². The van der Waals surface area contributed by atoms with Crippen LogP contribution >= 0.6 is 11.6 Å². The third-order valence-electron chi connectivity index (χ3n) is 4.18. The predicted molar refractivity (Wildman–Crippen MR) is 96.9 cm³/mol. The summed E-state index contributed by atoms with van der Waals surface area (Å²) in [6, 6.07) is 3.41. The van der Waals surface area contributed by atoms with Crippen LogP contribution in [0.2, 0.25) is 0 Å². The first-order valence-corrected chi connectivity index (χ1v) is 8.58. The average Bonchev–Trinajstić information content (AvgIpc) is 2.62. The van der Waals surface area contributed by atoms with E-state index in [0.29, 0.717) is 54.0 Å². The molecule has 1 aromatic rings. The Morgan fingerprint density at radius 3 is 2.96 bits per heavy atom. The van der Waals surface area contributed by atoms with E-state index in [9.17, 15) is 9.59 Å². The molecule has 0 aromatic carbocycles. The molecule has 0 radical (unpaired) electrons. The first kappa shape index (κ1) is 18.2. The molecule has 9 heteroatoms. The van der Waals surface area contributed by atoms with Crippen LogP contribution < -0.4 is 10.7 Å². The summed E-state index contributed by atoms with van der Waals surface area (Å²) < 4.78 is 5.36. The van der Waals surface area contributed by atoms with E-state index in [1.54, 1.807) is 24.0 Å². The van der Waals surface area contributed by atoms with Gasteiger partial charge in [-0.05, 0) is 26.0 Å². The van der Waals surface area contributed by atoms with Gasteiger partial charge in [0.15, 0.2) is 6.29 Å². The van der Waals surface area contributed by atoms with E-state index in [1.165, 1.54) is 17.4 Å². The van der Waals surface area contributed by atoms with E-state index < -0.39 is 0 Å². The van der Waals surface area contributed by atoms with Crippen LogP contribution in [0.5, 0.6) is 0 Å². The van der Waals surface area contributed by atoms with E-state index in [0.717, 1.165) is 0 Å². The number of hydrogen-bond acceptors (Lipinski definition) is 7. The summed E-state index contributed by atoms with van der Waals surface area (Å²) in [5.41, 5.74) is 4.49. The van der Waals surface area contributed by atoms with Gasteiger partial charge in [0, 0.05) is 18.4 Å². The second kappa shape index (κ2) is 7.76. The maximum Gasteiger partial charge on any atom is 0.255 e. The van der Waals surface area contributed by atoms with Gasteiger partial charge in [0.25, 0.3) is 5.91 Å². The lowest BCUT2D eigenvalue weighted by atomic mass is 10.2. The highest BCUT2D eigenvalue weighted by atomic mass is 35.5. The summed E-state index contributed by atoms with van der Waals surface area (Å²) in [4.78, 5) is 30.0. The third-order valence-corrected chi connectivity index (χ3v) is 4.37. The number of pyridine rings is 1. The highest BCUT2D eigenvalue weighted by Crippen LogP contribution is 2.19. The van der Waals surface area contributed by atoms with Crippen LogP contribution in [0.3, 0.4) is 0 Å². The molecule has 0 saturated carbocycles. The van der Waals surface area contributed by atoms with Crippen LogP contribution in [0.4, 0.5) is 5.82 Å². The molecule has 3 rings (SSSR count). The molecule has 3 heterocycles. The van der Waals surface area contributed by atoms with Gasteiger partial charge in [-0.2, -0.15) is 0 Å². The third kappa shape index (κ3) is 3.81. The predicted octanol–water partition coefficient (Wildman–Crippen LogP) is 1.64. The van der Waals surface area contributed by atoms with Crippen LogP contribution in [0.15, 0.2) is 41.1 Å². The standard InChI is InChI=1S/C17H20ClN5O3/c1-11-10-26-6-5-22(11)17(25)13-3-4-16(19-7-13)21-23-8-15(18)20-12(2)14(23)9-24/h3-4,7-9,11,20H,5-6,10H2,1-2H3,(H,19,21)/t11-/m1/s1. The van der Waals surface area contributed by atoms with E-state index in [2.05, 4.69) is 15.7 Å². The molecule has 1 amide bonds. The van der Waals surface area contributed by atoms with Crippen molar-refractivity contribution in [1.29, 1.82) is 0 Å². The van der Waals surface area contributed by atoms with Gasteiger partial charge in [-0.3, -0.25) is 20.0 Å². The van der Waals surface area contributed by atoms with Crippen molar-refractivity contribution in [2.24, 2.45) is 0 Å². The summed E-state index contributed by atoms with van der Waals surface area (Å²) in [5, 5.41) is 4.72. The van der Waals surface area contributed by atoms with E-state index in [1.807, 2.05) is 6.92 Å². The Kier molecular flexibility index (Phi) is 5.43. The number of allylic oxidation sites excluding steroid dienone is 2. The van der Waals surface area contributed by atoms with Crippen molar-refractivity contribution < 1.29 is 14.3 Å². The van der Waals surface area contributed by atoms with Gasteiger partial charge < -0.3 is 15.0 Å². The van der Waals surface area contributed by atoms with E-state index in [-0.39, 0.29) is 11.9 Å². The van der Waals surface area contributed by atoms with Crippen LogP contribution in [0.1, 0.15) is 24.2 Å². The van der Waals surface area contributed by atoms with Crippen molar-refractivity contribution in [1.82, 2.24) is 20.2 Å². The fourth-order valence-corrected chi connectivity index (χ4v) is 3.02. The van der Waals surface area contributed by atoms with Crippen molar-refractivity contribution in [3.63, 3.8) is 0 Å². The molecular formula is C17H20ClN5O3. The normalized spacial score (nSPS) is 20.4. The Hall–Kier alpha value is -2.58. The molecule has 1 aromatic heterocycles. The first-order valence-electron chi connectivity index (χ1n) is 8.20. The summed E-state index contributed by atoms with van der Waals surface area (Å²) >= 11 is 6.00. The summed E-state index contributed by atoms with van der Waals surface area (Å²) in [7, 11) is 0. The molecule has 2 N–H and O–H groups in total. The van der Waals surface area contributed by atoms with Gasteiger partial charge >= 0.3 is 0 Å². The molecule has 8 nitrogen and oxygen atoms in total. The molecule has 2 aliphatic heterocycles. The number of ether oxygens (including phenoxy) is 1. The Labute approximate surface area is 156 Å². The largest absolute Gasteiger partial charge is 0.377 e. The lowest BCUT2D eigenvalue weighted by Gasteiger charge is -2.33. The monoisotopic (exact) mass is 377 g/mol. The zero-order chi connectivity index (χ0) is 18.7. The number of amides is 1. The molecule has 138 valence electrons. The molecule has 1 saturated heterocycles. The van der Waals surface area contributed by atoms with E-state index >= 15 is 0 Å². The minimum atomic E-state index is -0.0747. The number of aromatic nitrogens is 1. The Morgan fingerprint density at radius 2 is 2.31 bits per heavy atom. The number of carbonyl (C=O) groups excluding carboxylic acids is 2. The molecule has 0 unspecified atom stereocenters. The Bertz CT molecular complexity index is 762. The molecule has 0 spiro atoms. The molecule has 0 bridgehead atoms. The second-order valence-corrected chi connectivity index (χ2v) is 6.47. The minimum Gasteiger partial charge on any atom is -0.377 e. The summed E-state index contributed by atoms with van der Waals surface area (Å²) in [5.74, 6) is 0.403. The zero-order valence-corrected chi connectivity index (χ0v) is 15.3. The van der Waals surface area contributed by atoms with Crippen LogP contribution in [-0.4, -0.2) is 52.9 Å². The van der Waals surface area contributed by atoms with Gasteiger partial charge in [-0.1, -0.05) is 11.6 Å². The fourth-order valence-electron chi connectivity index (χ4n) is 2.78. The SMILES string of the molecule is CC1=C(C=O)N(Nc2ccc(C(=O)N3CCOC[C@H]3C)cn2)C=C(Cl)N1. The van der Waals surface area contributed by atoms with Gasteiger partial charge in [0.1, 0.15) is 16.7 Å². The number of carbonyl (C=O) groups is 2. The van der Waals surface area contributed by atoms with Gasteiger partial charge in [-0.15, -0.1) is 0 Å². The minimum absolute atomic E-state index is 0.0328. The number of morpholine rings is 1. The Balaban J connectivity index is 1.72. The van der Waals surface area contributed by atoms with Gasteiger partial charge in [-0.25, -0.2) is 4.98 Å². The van der Waals surface area contributed by atoms with Crippen LogP contribution in [0.25, 0.3) is 0 Å². The van der Waals surface area contributed by atoms with Crippen LogP contribution in [-0.2, 0) is 9.53 Å². The molecule has 1 fully saturated rings. The summed E-state index contributed by atoms with van der Waals surface area (Å²) in [6.45, 7) is 5.34. The lowest BCUT2D eigenvalue weighted by Crippen LogP contribution is -2.47. The lowest BCUT2D eigenvalue weighted by molar-refractivity contribution is -0.106. The number of halogens is 1. The molecule has 26 heavy (non-hydrogen) atoms. The number of nitrogens with one attached hydrogen (secondary N) is 2. The number of hydrazine groups is 1. The van der Waals surface area contributed by atoms with Crippen molar-refractivity contribution in [3.8, 4) is 0 Å². The number of rotatable bonds is 4. The maximum atomic E-state index is 12.6. The number of hydrogen-bond donors (Lipinski definition) is 2. The van der Waals surface area contributed by atoms with Crippen molar-refractivity contribution in [2.75, 3.05) is 25.2 Å². The molecular weight excluding hydrogens is 358 g/mol. The Morgan fingerprint density at radius 1 is 1.50 bits per heavy atom. The van der Waals surface area contributed by atoms with Gasteiger partial charge in [0.05, 0.1) is 31.0 Å². The number of anilines is 1. The average molecular weight is 378 g/mol. The number of aldehydes is 1. The fraction of sp³-hybridized carbons (Fsp3) is 0.353. The summed E-state index contributed by atoms with van der Waals surface area (Å²) in [6.07, 6.45) is 3.76. The van der Waals surface area contributed by atoms with Gasteiger partial charge in [0.2, 0.25) is 0 Å². The van der Waals surface area contributed by atoms with Crippen molar-refractivity contribution >= 4 is 29.6 Å². The number of nitrogens with zero attached hydrogens (tertiary/aromatic N) is 3. The molecule has 2 aliphatic rings. The highest BCUT2D eigenvalue weighted by molar-refractivity contribution is 6.29. The zero-order valence-electron chi connectivity index (χ0n) is 14.5. The van der Waals surface area contributed by atoms with Crippen molar-refractivity contribution in [3.05, 3.63) is 46.6 Å². The second-order valence-electron chi connectivity index (χ2n) is 6.07. The highest BCUT2D eigenvalue weighted by Gasteiger charge is 2.25. The molecule has 0 aliphatic carbocycles. The van der Waals surface area contributed by atoms with E-state index in [4.69, 9.17) is 16.3 Å². The maximum absolute atomic E-state index is 12.6. The first-order chi connectivity index (χ1) is 12.5. The quantitative estimate of drug-likeness (QED) is 0.609.